The summed E-state index contributed by atoms with van der Waals surface area (Å²) in [5, 5.41) is 12.9. The monoisotopic (exact) mass is 390 g/mol. The van der Waals surface area contributed by atoms with Crippen molar-refractivity contribution in [2.45, 2.75) is 31.7 Å². The highest BCUT2D eigenvalue weighted by molar-refractivity contribution is 5.45. The third kappa shape index (κ3) is 4.82. The minimum atomic E-state index is -4.71. The molecule has 2 aromatic rings. The van der Waals surface area contributed by atoms with Gasteiger partial charge in [0.25, 0.3) is 0 Å². The molecule has 0 aliphatic carbocycles. The molecular weight excluding hydrogens is 371 g/mol. The summed E-state index contributed by atoms with van der Waals surface area (Å²) in [7, 11) is 3.01. The van der Waals surface area contributed by atoms with E-state index in [-0.39, 0.29) is 12.2 Å². The number of nitrogens with zero attached hydrogens (tertiary/aromatic N) is 3. The predicted molar refractivity (Wildman–Crippen MR) is 90.4 cm³/mol. The van der Waals surface area contributed by atoms with Gasteiger partial charge in [-0.05, 0) is 18.6 Å². The number of anilines is 2. The van der Waals surface area contributed by atoms with E-state index in [0.717, 1.165) is 24.3 Å². The van der Waals surface area contributed by atoms with Crippen LogP contribution in [0.3, 0.4) is 0 Å². The molecule has 1 aromatic heterocycles. The first kappa shape index (κ1) is 20.8. The number of nitrogens with one attached hydrogen (secondary N) is 1. The number of halogens is 5. The third-order valence-electron chi connectivity index (χ3n) is 3.89. The van der Waals surface area contributed by atoms with Crippen molar-refractivity contribution in [3.05, 3.63) is 47.2 Å². The quantitative estimate of drug-likeness (QED) is 0.736. The van der Waals surface area contributed by atoms with Crippen molar-refractivity contribution >= 4 is 11.8 Å². The van der Waals surface area contributed by atoms with E-state index in [1.165, 1.54) is 19.0 Å². The minimum absolute atomic E-state index is 0.0127. The van der Waals surface area contributed by atoms with Gasteiger partial charge in [-0.25, -0.2) is 13.8 Å². The summed E-state index contributed by atoms with van der Waals surface area (Å²) in [5.74, 6) is -2.33. The lowest BCUT2D eigenvalue weighted by atomic mass is 9.99. The molecular formula is C17H19F5N4O. The molecule has 0 spiro atoms. The van der Waals surface area contributed by atoms with Gasteiger partial charge in [-0.2, -0.15) is 18.2 Å². The molecule has 27 heavy (non-hydrogen) atoms. The van der Waals surface area contributed by atoms with Crippen molar-refractivity contribution in [2.24, 2.45) is 0 Å². The summed E-state index contributed by atoms with van der Waals surface area (Å²) < 4.78 is 67.0. The summed E-state index contributed by atoms with van der Waals surface area (Å²) in [4.78, 5) is 8.74. The Morgan fingerprint density at radius 1 is 1.15 bits per heavy atom. The maximum Gasteiger partial charge on any atom is 0.433 e. The molecule has 0 fully saturated rings. The van der Waals surface area contributed by atoms with Crippen molar-refractivity contribution in [1.29, 1.82) is 0 Å². The van der Waals surface area contributed by atoms with E-state index in [1.807, 2.05) is 0 Å². The molecule has 2 atom stereocenters. The predicted octanol–water partition coefficient (Wildman–Crippen LogP) is 3.76. The zero-order valence-electron chi connectivity index (χ0n) is 14.8. The molecule has 2 rings (SSSR count). The molecule has 0 amide bonds. The zero-order valence-corrected chi connectivity index (χ0v) is 14.8. The Morgan fingerprint density at radius 2 is 1.74 bits per heavy atom. The van der Waals surface area contributed by atoms with Crippen LogP contribution in [0.15, 0.2) is 24.3 Å². The van der Waals surface area contributed by atoms with Crippen molar-refractivity contribution in [3.8, 4) is 0 Å². The maximum atomic E-state index is 13.9. The van der Waals surface area contributed by atoms with Crippen LogP contribution >= 0.6 is 0 Å². The van der Waals surface area contributed by atoms with Crippen LogP contribution in [0.25, 0.3) is 0 Å². The number of aliphatic hydroxyl groups excluding tert-OH is 1. The van der Waals surface area contributed by atoms with Gasteiger partial charge < -0.3 is 15.3 Å². The number of rotatable bonds is 6. The molecule has 1 aromatic carbocycles. The molecule has 0 saturated carbocycles. The minimum Gasteiger partial charge on any atom is -0.386 e. The second kappa shape index (κ2) is 8.03. The maximum absolute atomic E-state index is 13.9. The molecule has 10 heteroatoms. The van der Waals surface area contributed by atoms with Crippen LogP contribution in [-0.4, -0.2) is 35.2 Å². The van der Waals surface area contributed by atoms with Crippen LogP contribution in [-0.2, 0) is 6.18 Å². The van der Waals surface area contributed by atoms with Crippen LogP contribution in [0.1, 0.15) is 30.7 Å². The number of hydrogen-bond donors (Lipinski definition) is 2. The van der Waals surface area contributed by atoms with Gasteiger partial charge in [0.05, 0.1) is 11.6 Å². The van der Waals surface area contributed by atoms with Crippen molar-refractivity contribution in [2.75, 3.05) is 24.3 Å². The highest BCUT2D eigenvalue weighted by atomic mass is 19.4. The summed E-state index contributed by atoms with van der Waals surface area (Å²) >= 11 is 0. The fraction of sp³-hybridized carbons (Fsp3) is 0.412. The molecule has 0 aliphatic rings. The van der Waals surface area contributed by atoms with E-state index in [9.17, 15) is 27.1 Å². The van der Waals surface area contributed by atoms with E-state index in [2.05, 4.69) is 15.3 Å². The average Bonchev–Trinajstić information content (AvgIpc) is 2.58. The van der Waals surface area contributed by atoms with E-state index in [4.69, 9.17) is 0 Å². The lowest BCUT2D eigenvalue weighted by molar-refractivity contribution is -0.141. The van der Waals surface area contributed by atoms with E-state index >= 15 is 0 Å². The van der Waals surface area contributed by atoms with Gasteiger partial charge in [-0.1, -0.05) is 13.0 Å². The molecule has 2 unspecified atom stereocenters. The summed E-state index contributed by atoms with van der Waals surface area (Å²) in [6.45, 7) is 1.60. The molecule has 0 bridgehead atoms. The lowest BCUT2D eigenvalue weighted by Crippen LogP contribution is -2.30. The molecule has 0 saturated heterocycles. The first-order chi connectivity index (χ1) is 12.5. The summed E-state index contributed by atoms with van der Waals surface area (Å²) in [5.41, 5.74) is -1.75. The van der Waals surface area contributed by atoms with Gasteiger partial charge in [0.2, 0.25) is 5.95 Å². The summed E-state index contributed by atoms with van der Waals surface area (Å²) in [6, 6.07) is 2.88. The lowest BCUT2D eigenvalue weighted by Gasteiger charge is -2.25. The Kier molecular flexibility index (Phi) is 6.19. The smallest absolute Gasteiger partial charge is 0.386 e. The number of hydrogen-bond acceptors (Lipinski definition) is 5. The molecule has 148 valence electrons. The van der Waals surface area contributed by atoms with Gasteiger partial charge in [0.15, 0.2) is 5.69 Å². The Balaban J connectivity index is 2.39. The van der Waals surface area contributed by atoms with Crippen molar-refractivity contribution < 1.29 is 27.1 Å². The van der Waals surface area contributed by atoms with E-state index in [0.29, 0.717) is 0 Å². The molecule has 0 radical (unpaired) electrons. The topological polar surface area (TPSA) is 61.3 Å². The second-order valence-corrected chi connectivity index (χ2v) is 6.07. The van der Waals surface area contributed by atoms with E-state index < -0.39 is 47.2 Å². The van der Waals surface area contributed by atoms with Gasteiger partial charge in [0.1, 0.15) is 23.6 Å². The van der Waals surface area contributed by atoms with Crippen LogP contribution in [0.4, 0.5) is 33.7 Å². The Bertz CT molecular complexity index is 777. The number of benzene rings is 1. The van der Waals surface area contributed by atoms with Gasteiger partial charge in [-0.3, -0.25) is 0 Å². The van der Waals surface area contributed by atoms with Gasteiger partial charge >= 0.3 is 6.18 Å². The standard InChI is InChI=1S/C17H19F5N4O/c1-4-11(15(27)14-9(18)6-5-7-10(14)19)23-16-24-12(17(20,21)22)8-13(25-16)26(2)3/h5-8,11,15,27H,4H2,1-3H3,(H,23,24,25). The largest absolute Gasteiger partial charge is 0.433 e. The molecule has 0 aliphatic heterocycles. The van der Waals surface area contributed by atoms with Crippen LogP contribution in [0.5, 0.6) is 0 Å². The molecule has 5 nitrogen and oxygen atoms in total. The van der Waals surface area contributed by atoms with Crippen LogP contribution < -0.4 is 10.2 Å². The first-order valence-electron chi connectivity index (χ1n) is 8.06. The average molecular weight is 390 g/mol. The SMILES string of the molecule is CCC(Nc1nc(N(C)C)cc(C(F)(F)F)n1)C(O)c1c(F)cccc1F. The molecule has 1 heterocycles. The Hall–Kier alpha value is -2.49. The van der Waals surface area contributed by atoms with Crippen LogP contribution in [0.2, 0.25) is 0 Å². The Morgan fingerprint density at radius 3 is 2.22 bits per heavy atom. The molecule has 2 N–H and O–H groups in total. The van der Waals surface area contributed by atoms with Gasteiger partial charge in [-0.15, -0.1) is 0 Å². The third-order valence-corrected chi connectivity index (χ3v) is 3.89. The zero-order chi connectivity index (χ0) is 20.4. The number of aromatic nitrogens is 2. The summed E-state index contributed by atoms with van der Waals surface area (Å²) in [6.07, 6.45) is -6.22. The second-order valence-electron chi connectivity index (χ2n) is 6.07. The highest BCUT2D eigenvalue weighted by Crippen LogP contribution is 2.31. The number of aliphatic hydroxyl groups is 1. The van der Waals surface area contributed by atoms with Crippen LogP contribution in [0, 0.1) is 11.6 Å². The fourth-order valence-corrected chi connectivity index (χ4v) is 2.44. The Labute approximate surface area is 152 Å². The van der Waals surface area contributed by atoms with E-state index in [1.54, 1.807) is 6.92 Å². The fourth-order valence-electron chi connectivity index (χ4n) is 2.44. The van der Waals surface area contributed by atoms with Crippen molar-refractivity contribution in [3.63, 3.8) is 0 Å². The first-order valence-corrected chi connectivity index (χ1v) is 8.06. The van der Waals surface area contributed by atoms with Crippen molar-refractivity contribution in [1.82, 2.24) is 9.97 Å². The number of alkyl halides is 3. The highest BCUT2D eigenvalue weighted by Gasteiger charge is 2.34. The van der Waals surface area contributed by atoms with Gasteiger partial charge in [0, 0.05) is 20.2 Å². The normalized spacial score (nSPS) is 14.0.